The molecule has 0 unspecified atom stereocenters. The lowest BCUT2D eigenvalue weighted by molar-refractivity contribution is 0.534. The zero-order chi connectivity index (χ0) is 35.9. The maximum absolute atomic E-state index is 5.17. The fourth-order valence-corrected chi connectivity index (χ4v) is 9.02. The van der Waals surface area contributed by atoms with Gasteiger partial charge in [-0.25, -0.2) is 4.98 Å². The van der Waals surface area contributed by atoms with E-state index in [1.54, 1.807) is 0 Å². The molecule has 254 valence electrons. The van der Waals surface area contributed by atoms with Crippen molar-refractivity contribution < 1.29 is 0 Å². The molecule has 0 saturated carbocycles. The van der Waals surface area contributed by atoms with Crippen LogP contribution in [0.3, 0.4) is 0 Å². The van der Waals surface area contributed by atoms with Gasteiger partial charge in [0.1, 0.15) is 0 Å². The molecule has 0 fully saturated rings. The first-order valence-corrected chi connectivity index (χ1v) is 19.1. The zero-order valence-electron chi connectivity index (χ0n) is 30.0. The fraction of sp³-hybridized carbons (Fsp3) is 0.0784. The number of hydrogen-bond acceptors (Lipinski definition) is 2. The predicted octanol–water partition coefficient (Wildman–Crippen LogP) is 14.4. The minimum Gasteiger partial charge on any atom is -0.248 e. The Balaban J connectivity index is 1.21. The van der Waals surface area contributed by atoms with Crippen molar-refractivity contribution in [2.75, 3.05) is 0 Å². The van der Waals surface area contributed by atoms with Gasteiger partial charge in [0.2, 0.25) is 0 Å². The lowest BCUT2D eigenvalue weighted by Crippen LogP contribution is -2.18. The molecule has 0 bridgehead atoms. The van der Waals surface area contributed by atoms with Gasteiger partial charge in [0.15, 0.2) is 0 Å². The molecule has 9 rings (SSSR count). The van der Waals surface area contributed by atoms with Crippen LogP contribution in [0.5, 0.6) is 0 Å². The van der Waals surface area contributed by atoms with E-state index in [9.17, 15) is 0 Å². The smallest absolute Gasteiger partial charge is 0.0715 e. The summed E-state index contributed by atoms with van der Waals surface area (Å²) in [6.07, 6.45) is 5.62. The van der Waals surface area contributed by atoms with Crippen molar-refractivity contribution in [1.82, 2.24) is 4.98 Å². The van der Waals surface area contributed by atoms with E-state index in [-0.39, 0.29) is 5.41 Å². The molecule has 53 heavy (non-hydrogen) atoms. The van der Waals surface area contributed by atoms with Gasteiger partial charge in [-0.1, -0.05) is 172 Å². The molecule has 0 amide bonds. The Hall–Kier alpha value is -6.09. The van der Waals surface area contributed by atoms with Crippen molar-refractivity contribution in [3.05, 3.63) is 198 Å². The molecule has 6 aromatic carbocycles. The molecule has 0 saturated heterocycles. The average molecular weight is 698 g/mol. The highest BCUT2D eigenvalue weighted by molar-refractivity contribution is 7.20. The highest BCUT2D eigenvalue weighted by Crippen LogP contribution is 2.46. The number of hydrogen-bond donors (Lipinski definition) is 0. The number of rotatable bonds is 5. The van der Waals surface area contributed by atoms with E-state index in [1.807, 2.05) is 11.3 Å². The summed E-state index contributed by atoms with van der Waals surface area (Å²) < 4.78 is 1.30. The molecule has 1 aliphatic rings. The first-order chi connectivity index (χ1) is 25.9. The number of pyridine rings is 1. The van der Waals surface area contributed by atoms with Gasteiger partial charge >= 0.3 is 0 Å². The summed E-state index contributed by atoms with van der Waals surface area (Å²) in [5, 5.41) is 1.30. The third-order valence-electron chi connectivity index (χ3n) is 10.6. The lowest BCUT2D eigenvalue weighted by atomic mass is 9.77. The summed E-state index contributed by atoms with van der Waals surface area (Å²) in [4.78, 5) is 6.41. The second-order valence-electron chi connectivity index (χ2n) is 14.5. The van der Waals surface area contributed by atoms with E-state index >= 15 is 0 Å². The summed E-state index contributed by atoms with van der Waals surface area (Å²) >= 11 is 1.85. The average Bonchev–Trinajstić information content (AvgIpc) is 3.60. The third-order valence-corrected chi connectivity index (χ3v) is 11.9. The molecule has 0 aliphatic heterocycles. The second kappa shape index (κ2) is 13.5. The first-order valence-electron chi connectivity index (χ1n) is 18.3. The maximum atomic E-state index is 5.17. The van der Waals surface area contributed by atoms with E-state index < -0.39 is 0 Å². The molecule has 2 heteroatoms. The number of nitrogens with zero attached hydrogens (tertiary/aromatic N) is 1. The standard InChI is InChI=1S/C51H39NS/c1-34-45-31-37(28-29-46(45)51(2,3)30-16-26-44-43-25-14-15-27-49(43)53-50(34)44)39-21-10-12-23-41(39)42-24-13-11-22-40(42)38-32-47(35-17-6-4-7-18-35)52-48(33-38)36-19-8-5-9-20-36/h4-29,31-33H,1,30H2,2-3H3/b26-16-. The monoisotopic (exact) mass is 697 g/mol. The fourth-order valence-electron chi connectivity index (χ4n) is 7.85. The Kier molecular flexibility index (Phi) is 8.33. The van der Waals surface area contributed by atoms with Crippen molar-refractivity contribution >= 4 is 33.1 Å². The Morgan fingerprint density at radius 2 is 1.08 bits per heavy atom. The Labute approximate surface area is 316 Å². The highest BCUT2D eigenvalue weighted by Gasteiger charge is 2.27. The summed E-state index contributed by atoms with van der Waals surface area (Å²) in [5.74, 6) is 0. The zero-order valence-corrected chi connectivity index (χ0v) is 30.8. The minimum atomic E-state index is -0.0579. The van der Waals surface area contributed by atoms with Crippen molar-refractivity contribution in [3.63, 3.8) is 0 Å². The molecule has 0 radical (unpaired) electrons. The van der Waals surface area contributed by atoms with E-state index in [0.717, 1.165) is 40.1 Å². The van der Waals surface area contributed by atoms with Crippen molar-refractivity contribution in [1.29, 1.82) is 0 Å². The summed E-state index contributed by atoms with van der Waals surface area (Å²) in [6, 6.07) is 58.9. The van der Waals surface area contributed by atoms with Crippen molar-refractivity contribution in [2.24, 2.45) is 0 Å². The molecule has 0 spiro atoms. The maximum Gasteiger partial charge on any atom is 0.0715 e. The van der Waals surface area contributed by atoms with Crippen LogP contribution >= 0.6 is 11.3 Å². The lowest BCUT2D eigenvalue weighted by Gasteiger charge is -2.28. The van der Waals surface area contributed by atoms with Gasteiger partial charge in [0.25, 0.3) is 0 Å². The highest BCUT2D eigenvalue weighted by atomic mass is 32.1. The molecule has 0 N–H and O–H groups in total. The van der Waals surface area contributed by atoms with Gasteiger partial charge in [0.05, 0.1) is 11.4 Å². The minimum absolute atomic E-state index is 0.0579. The van der Waals surface area contributed by atoms with Gasteiger partial charge in [-0.05, 0) is 86.2 Å². The van der Waals surface area contributed by atoms with Crippen LogP contribution in [0, 0.1) is 0 Å². The van der Waals surface area contributed by atoms with Crippen molar-refractivity contribution in [2.45, 2.75) is 25.7 Å². The van der Waals surface area contributed by atoms with Crippen LogP contribution in [0.4, 0.5) is 0 Å². The van der Waals surface area contributed by atoms with Crippen LogP contribution in [-0.2, 0) is 5.41 Å². The molecule has 1 nitrogen and oxygen atoms in total. The topological polar surface area (TPSA) is 12.9 Å². The van der Waals surface area contributed by atoms with Gasteiger partial charge in [0, 0.05) is 31.7 Å². The third kappa shape index (κ3) is 6.05. The Morgan fingerprint density at radius 1 is 0.528 bits per heavy atom. The second-order valence-corrected chi connectivity index (χ2v) is 15.6. The van der Waals surface area contributed by atoms with E-state index in [4.69, 9.17) is 11.6 Å². The van der Waals surface area contributed by atoms with Crippen LogP contribution < -0.4 is 0 Å². The number of aromatic nitrogens is 1. The van der Waals surface area contributed by atoms with Gasteiger partial charge in [-0.3, -0.25) is 0 Å². The molecule has 2 heterocycles. The van der Waals surface area contributed by atoms with Crippen LogP contribution in [0.2, 0.25) is 0 Å². The number of benzene rings is 6. The van der Waals surface area contributed by atoms with Gasteiger partial charge in [-0.15, -0.1) is 11.3 Å². The first kappa shape index (κ1) is 32.8. The molecular weight excluding hydrogens is 659 g/mol. The summed E-state index contributed by atoms with van der Waals surface area (Å²) in [5.41, 5.74) is 16.1. The molecule has 8 aromatic rings. The molecule has 2 aromatic heterocycles. The van der Waals surface area contributed by atoms with E-state index in [0.29, 0.717) is 0 Å². The van der Waals surface area contributed by atoms with Crippen LogP contribution in [-0.4, -0.2) is 4.98 Å². The van der Waals surface area contributed by atoms with Crippen LogP contribution in [0.15, 0.2) is 176 Å². The number of allylic oxidation sites excluding steroid dienone is 1. The van der Waals surface area contributed by atoms with Gasteiger partial charge < -0.3 is 0 Å². The van der Waals surface area contributed by atoms with E-state index in [1.165, 1.54) is 59.5 Å². The van der Waals surface area contributed by atoms with Gasteiger partial charge in [-0.2, -0.15) is 0 Å². The van der Waals surface area contributed by atoms with Crippen molar-refractivity contribution in [3.8, 4) is 55.9 Å². The summed E-state index contributed by atoms with van der Waals surface area (Å²) in [7, 11) is 0. The molecular formula is C51H39NS. The molecule has 1 aliphatic carbocycles. The predicted molar refractivity (Wildman–Crippen MR) is 228 cm³/mol. The number of thiophene rings is 1. The Morgan fingerprint density at radius 3 is 1.72 bits per heavy atom. The summed E-state index contributed by atoms with van der Waals surface area (Å²) in [6.45, 7) is 9.52. The molecule has 0 atom stereocenters. The van der Waals surface area contributed by atoms with Crippen LogP contribution in [0.1, 0.15) is 41.8 Å². The van der Waals surface area contributed by atoms with Crippen LogP contribution in [0.25, 0.3) is 77.6 Å². The largest absolute Gasteiger partial charge is 0.248 e. The quantitative estimate of drug-likeness (QED) is 0.174. The normalized spacial score (nSPS) is 14.1. The Bertz CT molecular complexity index is 2620. The number of fused-ring (bicyclic) bond motifs is 4. The van der Waals surface area contributed by atoms with E-state index in [2.05, 4.69) is 190 Å². The SMILES string of the molecule is C=C1c2cc(-c3ccccc3-c3ccccc3-c3cc(-c4ccccc4)nc(-c4ccccc4)c3)ccc2C(C)(C)C/C=C\c2c1sc1ccccc21.